The number of piperidine rings is 1. The molecule has 2 rings (SSSR count). The molecule has 5 nitrogen and oxygen atoms in total. The summed E-state index contributed by atoms with van der Waals surface area (Å²) in [5.41, 5.74) is 0. The third kappa shape index (κ3) is 2.62. The first-order valence-corrected chi connectivity index (χ1v) is 8.48. The number of sulfonamides is 1. The number of aromatic nitrogens is 2. The summed E-state index contributed by atoms with van der Waals surface area (Å²) in [6.45, 7) is 5.16. The Balaban J connectivity index is 2.21. The van der Waals surface area contributed by atoms with Crippen LogP contribution in [-0.4, -0.2) is 40.6 Å². The number of H-pyrrole nitrogens is 1. The Labute approximate surface area is 116 Å². The summed E-state index contributed by atoms with van der Waals surface area (Å²) in [5, 5.41) is 0.202. The molecule has 1 aliphatic rings. The van der Waals surface area contributed by atoms with Gasteiger partial charge in [-0.05, 0) is 12.3 Å². The van der Waals surface area contributed by atoms with Gasteiger partial charge in [0.15, 0.2) is 5.03 Å². The van der Waals surface area contributed by atoms with Gasteiger partial charge in [-0.2, -0.15) is 4.31 Å². The molecule has 1 aliphatic heterocycles. The summed E-state index contributed by atoms with van der Waals surface area (Å²) in [6.07, 6.45) is 2.99. The van der Waals surface area contributed by atoms with Gasteiger partial charge in [-0.1, -0.05) is 29.8 Å². The van der Waals surface area contributed by atoms with Crippen LogP contribution in [0.4, 0.5) is 0 Å². The zero-order valence-corrected chi connectivity index (χ0v) is 13.0. The Hall–Kier alpha value is -0.400. The number of nitrogens with zero attached hydrogens (tertiary/aromatic N) is 2. The summed E-state index contributed by atoms with van der Waals surface area (Å²) >= 11 is 3.55. The van der Waals surface area contributed by atoms with E-state index in [0.29, 0.717) is 31.3 Å². The number of alkyl halides is 1. The smallest absolute Gasteiger partial charge is 0.260 e. The number of hydrogen-bond donors (Lipinski definition) is 1. The Morgan fingerprint density at radius 3 is 2.89 bits per heavy atom. The molecule has 0 radical (unpaired) electrons. The summed E-state index contributed by atoms with van der Waals surface area (Å²) < 4.78 is 26.3. The lowest BCUT2D eigenvalue weighted by Crippen LogP contribution is -2.43. The second-order valence-electron chi connectivity index (χ2n) is 4.69. The van der Waals surface area contributed by atoms with Crippen LogP contribution in [0.1, 0.15) is 26.1 Å². The van der Waals surface area contributed by atoms with Crippen LogP contribution in [0.3, 0.4) is 0 Å². The van der Waals surface area contributed by atoms with Gasteiger partial charge >= 0.3 is 0 Å². The van der Waals surface area contributed by atoms with E-state index in [-0.39, 0.29) is 9.85 Å². The van der Waals surface area contributed by atoms with Crippen molar-refractivity contribution in [2.45, 2.75) is 36.5 Å². The summed E-state index contributed by atoms with van der Waals surface area (Å²) in [4.78, 5) is 7.14. The fourth-order valence-corrected chi connectivity index (χ4v) is 4.22. The second-order valence-corrected chi connectivity index (χ2v) is 7.78. The Morgan fingerprint density at radius 1 is 1.61 bits per heavy atom. The van der Waals surface area contributed by atoms with Crippen molar-refractivity contribution in [2.24, 2.45) is 5.92 Å². The van der Waals surface area contributed by atoms with Crippen molar-refractivity contribution >= 4 is 26.0 Å². The van der Waals surface area contributed by atoms with Gasteiger partial charge in [-0.25, -0.2) is 13.4 Å². The third-order valence-electron chi connectivity index (χ3n) is 3.39. The molecule has 0 bridgehead atoms. The van der Waals surface area contributed by atoms with E-state index < -0.39 is 10.0 Å². The van der Waals surface area contributed by atoms with E-state index in [1.54, 1.807) is 0 Å². The van der Waals surface area contributed by atoms with E-state index in [9.17, 15) is 8.42 Å². The first kappa shape index (κ1) is 14.0. The molecule has 0 spiro atoms. The highest BCUT2D eigenvalue weighted by Gasteiger charge is 2.33. The number of aromatic amines is 1. The zero-order valence-electron chi connectivity index (χ0n) is 10.6. The molecule has 0 aromatic carbocycles. The Morgan fingerprint density at radius 2 is 2.33 bits per heavy atom. The minimum atomic E-state index is -3.42. The third-order valence-corrected chi connectivity index (χ3v) is 6.35. The molecule has 2 unspecified atom stereocenters. The van der Waals surface area contributed by atoms with Crippen LogP contribution in [0, 0.1) is 5.92 Å². The van der Waals surface area contributed by atoms with Crippen molar-refractivity contribution in [3.63, 3.8) is 0 Å². The number of aryl methyl sites for hydroxylation is 1. The van der Waals surface area contributed by atoms with E-state index in [4.69, 9.17) is 0 Å². The maximum Gasteiger partial charge on any atom is 0.260 e. The molecule has 1 aromatic heterocycles. The van der Waals surface area contributed by atoms with Crippen LogP contribution < -0.4 is 0 Å². The molecular formula is C11H18BrN3O2S. The van der Waals surface area contributed by atoms with Gasteiger partial charge in [0.2, 0.25) is 0 Å². The maximum atomic E-state index is 12.4. The molecule has 18 heavy (non-hydrogen) atoms. The van der Waals surface area contributed by atoms with Crippen LogP contribution in [-0.2, 0) is 16.4 Å². The van der Waals surface area contributed by atoms with E-state index in [0.717, 1.165) is 6.42 Å². The van der Waals surface area contributed by atoms with Crippen LogP contribution in [0.2, 0.25) is 0 Å². The van der Waals surface area contributed by atoms with Gasteiger partial charge in [0.1, 0.15) is 5.82 Å². The molecule has 102 valence electrons. The van der Waals surface area contributed by atoms with Crippen LogP contribution in [0.15, 0.2) is 11.2 Å². The first-order valence-electron chi connectivity index (χ1n) is 6.13. The van der Waals surface area contributed by atoms with Gasteiger partial charge < -0.3 is 4.98 Å². The lowest BCUT2D eigenvalue weighted by molar-refractivity contribution is 0.299. The van der Waals surface area contributed by atoms with Crippen molar-refractivity contribution in [1.82, 2.24) is 14.3 Å². The lowest BCUT2D eigenvalue weighted by Gasteiger charge is -2.32. The SMILES string of the molecule is CCc1ncc(S(=O)(=O)N2CCC(C)C(Br)C2)[nH]1. The molecule has 7 heteroatoms. The molecule has 2 atom stereocenters. The van der Waals surface area contributed by atoms with Crippen LogP contribution in [0.5, 0.6) is 0 Å². The van der Waals surface area contributed by atoms with Gasteiger partial charge in [-0.15, -0.1) is 0 Å². The molecular weight excluding hydrogens is 318 g/mol. The zero-order chi connectivity index (χ0) is 13.3. The normalized spacial score (nSPS) is 26.4. The van der Waals surface area contributed by atoms with E-state index in [2.05, 4.69) is 32.8 Å². The highest BCUT2D eigenvalue weighted by Crippen LogP contribution is 2.27. The average molecular weight is 336 g/mol. The molecule has 0 saturated carbocycles. The molecule has 1 saturated heterocycles. The predicted molar refractivity (Wildman–Crippen MR) is 73.2 cm³/mol. The quantitative estimate of drug-likeness (QED) is 0.856. The first-order chi connectivity index (χ1) is 8.45. The fourth-order valence-electron chi connectivity index (χ4n) is 2.01. The highest BCUT2D eigenvalue weighted by molar-refractivity contribution is 9.09. The summed E-state index contributed by atoms with van der Waals surface area (Å²) in [5.74, 6) is 1.21. The standard InChI is InChI=1S/C11H18BrN3O2S/c1-3-10-13-6-11(14-10)18(16,17)15-5-4-8(2)9(12)7-15/h6,8-9H,3-5,7H2,1-2H3,(H,13,14). The minimum absolute atomic E-state index is 0.202. The average Bonchev–Trinajstić information content (AvgIpc) is 2.81. The van der Waals surface area contributed by atoms with Crippen molar-refractivity contribution in [3.8, 4) is 0 Å². The molecule has 0 amide bonds. The molecule has 1 aromatic rings. The molecule has 1 N–H and O–H groups in total. The second kappa shape index (κ2) is 5.30. The fraction of sp³-hybridized carbons (Fsp3) is 0.727. The van der Waals surface area contributed by atoms with E-state index >= 15 is 0 Å². The number of nitrogens with one attached hydrogen (secondary N) is 1. The summed E-state index contributed by atoms with van der Waals surface area (Å²) in [6, 6.07) is 0. The van der Waals surface area contributed by atoms with E-state index in [1.165, 1.54) is 10.5 Å². The van der Waals surface area contributed by atoms with Crippen molar-refractivity contribution in [3.05, 3.63) is 12.0 Å². The monoisotopic (exact) mass is 335 g/mol. The Bertz CT molecular complexity index is 514. The maximum absolute atomic E-state index is 12.4. The van der Waals surface area contributed by atoms with Crippen LogP contribution >= 0.6 is 15.9 Å². The van der Waals surface area contributed by atoms with Crippen LogP contribution in [0.25, 0.3) is 0 Å². The highest BCUT2D eigenvalue weighted by atomic mass is 79.9. The van der Waals surface area contributed by atoms with Crippen molar-refractivity contribution in [2.75, 3.05) is 13.1 Å². The Kier molecular flexibility index (Phi) is 4.13. The van der Waals surface area contributed by atoms with Gasteiger partial charge in [0.05, 0.1) is 6.20 Å². The summed E-state index contributed by atoms with van der Waals surface area (Å²) in [7, 11) is -3.42. The minimum Gasteiger partial charge on any atom is -0.332 e. The van der Waals surface area contributed by atoms with Crippen molar-refractivity contribution < 1.29 is 8.42 Å². The molecule has 2 heterocycles. The number of imidazole rings is 1. The largest absolute Gasteiger partial charge is 0.332 e. The van der Waals surface area contributed by atoms with E-state index in [1.807, 2.05) is 6.92 Å². The van der Waals surface area contributed by atoms with Gasteiger partial charge in [0, 0.05) is 24.3 Å². The number of rotatable bonds is 3. The molecule has 1 fully saturated rings. The van der Waals surface area contributed by atoms with Crippen molar-refractivity contribution in [1.29, 1.82) is 0 Å². The number of hydrogen-bond acceptors (Lipinski definition) is 3. The predicted octanol–water partition coefficient (Wildman–Crippen LogP) is 1.77. The molecule has 0 aliphatic carbocycles. The lowest BCUT2D eigenvalue weighted by atomic mass is 10.0. The van der Waals surface area contributed by atoms with Gasteiger partial charge in [-0.3, -0.25) is 0 Å². The number of halogens is 1. The van der Waals surface area contributed by atoms with Gasteiger partial charge in [0.25, 0.3) is 10.0 Å². The topological polar surface area (TPSA) is 66.1 Å².